The first-order valence-electron chi connectivity index (χ1n) is 4.60. The molecule has 0 atom stereocenters. The summed E-state index contributed by atoms with van der Waals surface area (Å²) in [5, 5.41) is -0.127. The number of hydrogen-bond donors (Lipinski definition) is 1. The Morgan fingerprint density at radius 2 is 1.94 bits per heavy atom. The summed E-state index contributed by atoms with van der Waals surface area (Å²) in [5.74, 6) is 0. The first kappa shape index (κ1) is 14.8. The minimum absolute atomic E-state index is 0.127. The zero-order valence-corrected chi connectivity index (χ0v) is 10.7. The van der Waals surface area contributed by atoms with Crippen LogP contribution in [-0.2, 0) is 10.0 Å². The van der Waals surface area contributed by atoms with Gasteiger partial charge in [0, 0.05) is 0 Å². The summed E-state index contributed by atoms with van der Waals surface area (Å²) in [6, 6.07) is 4.04. The van der Waals surface area contributed by atoms with Crippen LogP contribution >= 0.6 is 11.6 Å². The van der Waals surface area contributed by atoms with Crippen molar-refractivity contribution in [1.82, 2.24) is 0 Å². The van der Waals surface area contributed by atoms with Gasteiger partial charge in [-0.2, -0.15) is 21.6 Å². The smallest absolute Gasteiger partial charge is 0.274 e. The molecule has 0 aliphatic heterocycles. The maximum absolute atomic E-state index is 12.2. The van der Waals surface area contributed by atoms with E-state index in [1.807, 2.05) is 0 Å². The number of nitrogens with one attached hydrogen (secondary N) is 1. The predicted molar refractivity (Wildman–Crippen MR) is 64.8 cm³/mol. The molecule has 0 saturated heterocycles. The van der Waals surface area contributed by atoms with Crippen LogP contribution in [0.15, 0.2) is 24.8 Å². The van der Waals surface area contributed by atoms with Gasteiger partial charge in [0.25, 0.3) is 0 Å². The van der Waals surface area contributed by atoms with Gasteiger partial charge in [-0.05, 0) is 24.1 Å². The van der Waals surface area contributed by atoms with Crippen LogP contribution in [0.25, 0.3) is 5.57 Å². The van der Waals surface area contributed by atoms with Crippen molar-refractivity contribution in [3.05, 3.63) is 35.4 Å². The molecule has 0 spiro atoms. The van der Waals surface area contributed by atoms with Crippen LogP contribution in [0.3, 0.4) is 0 Å². The fraction of sp³-hybridized carbons (Fsp3) is 0.200. The van der Waals surface area contributed by atoms with E-state index in [0.29, 0.717) is 11.1 Å². The summed E-state index contributed by atoms with van der Waals surface area (Å²) in [6.45, 7) is 5.19. The van der Waals surface area contributed by atoms with E-state index in [4.69, 9.17) is 11.6 Å². The van der Waals surface area contributed by atoms with Gasteiger partial charge in [-0.25, -0.2) is 0 Å². The SMILES string of the molecule is C=C(C)c1cccc(NS(=O)(=O)C(F)(F)F)c1Cl. The highest BCUT2D eigenvalue weighted by Gasteiger charge is 2.46. The molecule has 3 nitrogen and oxygen atoms in total. The molecule has 1 rings (SSSR count). The van der Waals surface area contributed by atoms with Gasteiger partial charge in [-0.1, -0.05) is 30.3 Å². The van der Waals surface area contributed by atoms with Crippen molar-refractivity contribution in [2.45, 2.75) is 12.4 Å². The number of sulfonamides is 1. The Labute approximate surface area is 107 Å². The fourth-order valence-electron chi connectivity index (χ4n) is 1.14. The minimum Gasteiger partial charge on any atom is -0.274 e. The summed E-state index contributed by atoms with van der Waals surface area (Å²) >= 11 is 5.80. The zero-order valence-electron chi connectivity index (χ0n) is 9.18. The first-order valence-corrected chi connectivity index (χ1v) is 6.46. The molecule has 0 aliphatic rings. The highest BCUT2D eigenvalue weighted by Crippen LogP contribution is 2.33. The molecule has 1 aromatic carbocycles. The molecule has 0 unspecified atom stereocenters. The van der Waals surface area contributed by atoms with Gasteiger partial charge in [0.1, 0.15) is 0 Å². The number of rotatable bonds is 3. The van der Waals surface area contributed by atoms with Crippen molar-refractivity contribution in [1.29, 1.82) is 0 Å². The number of alkyl halides is 3. The van der Waals surface area contributed by atoms with Gasteiger partial charge in [0.05, 0.1) is 10.7 Å². The highest BCUT2D eigenvalue weighted by molar-refractivity contribution is 7.93. The number of benzene rings is 1. The quantitative estimate of drug-likeness (QED) is 0.926. The number of allylic oxidation sites excluding steroid dienone is 1. The fourth-order valence-corrected chi connectivity index (χ4v) is 2.11. The van der Waals surface area contributed by atoms with Crippen molar-refractivity contribution in [3.8, 4) is 0 Å². The Morgan fingerprint density at radius 3 is 2.39 bits per heavy atom. The topological polar surface area (TPSA) is 46.2 Å². The third-order valence-electron chi connectivity index (χ3n) is 2.01. The van der Waals surface area contributed by atoms with Crippen LogP contribution in [-0.4, -0.2) is 13.9 Å². The summed E-state index contributed by atoms with van der Waals surface area (Å²) in [4.78, 5) is 0. The molecule has 0 aliphatic carbocycles. The van der Waals surface area contributed by atoms with Crippen molar-refractivity contribution >= 4 is 32.9 Å². The summed E-state index contributed by atoms with van der Waals surface area (Å²) in [6.07, 6.45) is 0. The third-order valence-corrected chi connectivity index (χ3v) is 3.51. The molecule has 0 saturated carbocycles. The molecule has 0 aromatic heterocycles. The van der Waals surface area contributed by atoms with E-state index in [9.17, 15) is 21.6 Å². The van der Waals surface area contributed by atoms with Gasteiger partial charge >= 0.3 is 15.5 Å². The molecule has 8 heteroatoms. The van der Waals surface area contributed by atoms with E-state index in [1.54, 1.807) is 6.92 Å². The monoisotopic (exact) mass is 299 g/mol. The lowest BCUT2D eigenvalue weighted by Crippen LogP contribution is -2.30. The zero-order chi connectivity index (χ0) is 14.1. The summed E-state index contributed by atoms with van der Waals surface area (Å²) in [5.41, 5.74) is -4.85. The maximum Gasteiger partial charge on any atom is 0.516 e. The number of anilines is 1. The molecule has 0 heterocycles. The van der Waals surface area contributed by atoms with Crippen molar-refractivity contribution in [2.75, 3.05) is 4.72 Å². The van der Waals surface area contributed by atoms with Crippen molar-refractivity contribution < 1.29 is 21.6 Å². The Bertz CT molecular complexity index is 581. The van der Waals surface area contributed by atoms with Gasteiger partial charge in [-0.3, -0.25) is 4.72 Å². The average molecular weight is 300 g/mol. The third kappa shape index (κ3) is 2.97. The molecule has 1 N–H and O–H groups in total. The Balaban J connectivity index is 3.23. The predicted octanol–water partition coefficient (Wildman–Crippen LogP) is 3.63. The van der Waals surface area contributed by atoms with Gasteiger partial charge in [0.15, 0.2) is 0 Å². The lowest BCUT2D eigenvalue weighted by atomic mass is 10.1. The van der Waals surface area contributed by atoms with E-state index in [-0.39, 0.29) is 10.7 Å². The second-order valence-electron chi connectivity index (χ2n) is 3.50. The van der Waals surface area contributed by atoms with Gasteiger partial charge < -0.3 is 0 Å². The first-order chi connectivity index (χ1) is 8.06. The van der Waals surface area contributed by atoms with Gasteiger partial charge in [0.2, 0.25) is 0 Å². The lowest BCUT2D eigenvalue weighted by molar-refractivity contribution is -0.0429. The second-order valence-corrected chi connectivity index (χ2v) is 5.55. The van der Waals surface area contributed by atoms with E-state index < -0.39 is 15.5 Å². The van der Waals surface area contributed by atoms with Crippen LogP contribution in [0.5, 0.6) is 0 Å². The lowest BCUT2D eigenvalue weighted by Gasteiger charge is -2.13. The standard InChI is InChI=1S/C10H9ClF3NO2S/c1-6(2)7-4-3-5-8(9(7)11)15-18(16,17)10(12,13)14/h3-5,15H,1H2,2H3. The normalized spacial score (nSPS) is 12.3. The molecule has 0 fully saturated rings. The van der Waals surface area contributed by atoms with Gasteiger partial charge in [-0.15, -0.1) is 0 Å². The largest absolute Gasteiger partial charge is 0.516 e. The molecule has 0 radical (unpaired) electrons. The van der Waals surface area contributed by atoms with E-state index >= 15 is 0 Å². The molecular weight excluding hydrogens is 291 g/mol. The number of hydrogen-bond acceptors (Lipinski definition) is 2. The Morgan fingerprint density at radius 1 is 1.39 bits per heavy atom. The van der Waals surface area contributed by atoms with Crippen LogP contribution in [0.2, 0.25) is 5.02 Å². The molecular formula is C10H9ClF3NO2S. The molecule has 0 bridgehead atoms. The van der Waals surface area contributed by atoms with Crippen LogP contribution in [0.4, 0.5) is 18.9 Å². The van der Waals surface area contributed by atoms with E-state index in [2.05, 4.69) is 6.58 Å². The maximum atomic E-state index is 12.2. The van der Waals surface area contributed by atoms with E-state index in [0.717, 1.165) is 6.07 Å². The summed E-state index contributed by atoms with van der Waals surface area (Å²) < 4.78 is 59.9. The molecule has 1 aromatic rings. The molecule has 18 heavy (non-hydrogen) atoms. The van der Waals surface area contributed by atoms with E-state index in [1.165, 1.54) is 16.9 Å². The van der Waals surface area contributed by atoms with Crippen LogP contribution in [0.1, 0.15) is 12.5 Å². The van der Waals surface area contributed by atoms with Crippen molar-refractivity contribution in [3.63, 3.8) is 0 Å². The highest BCUT2D eigenvalue weighted by atomic mass is 35.5. The Kier molecular flexibility index (Phi) is 3.97. The Hall–Kier alpha value is -1.21. The average Bonchev–Trinajstić information content (AvgIpc) is 2.18. The van der Waals surface area contributed by atoms with Crippen LogP contribution < -0.4 is 4.72 Å². The van der Waals surface area contributed by atoms with Crippen LogP contribution in [0, 0.1) is 0 Å². The minimum atomic E-state index is -5.48. The molecule has 100 valence electrons. The molecule has 0 amide bonds. The number of halogens is 4. The summed E-state index contributed by atoms with van der Waals surface area (Å²) in [7, 11) is -5.48. The van der Waals surface area contributed by atoms with Crippen molar-refractivity contribution in [2.24, 2.45) is 0 Å². The second kappa shape index (κ2) is 4.81.